The van der Waals surface area contributed by atoms with Crippen LogP contribution in [0.25, 0.3) is 10.9 Å². The summed E-state index contributed by atoms with van der Waals surface area (Å²) >= 11 is 0. The summed E-state index contributed by atoms with van der Waals surface area (Å²) in [6.07, 6.45) is 8.23. The van der Waals surface area contributed by atoms with Crippen molar-refractivity contribution in [1.29, 1.82) is 0 Å². The van der Waals surface area contributed by atoms with Crippen molar-refractivity contribution < 1.29 is 14.4 Å². The fraction of sp³-hybridized carbons (Fsp3) is 0.553. The fourth-order valence-electron chi connectivity index (χ4n) is 5.96. The zero-order chi connectivity index (χ0) is 33.6. The Morgan fingerprint density at radius 2 is 1.62 bits per heavy atom. The normalized spacial score (nSPS) is 18.0. The van der Waals surface area contributed by atoms with Crippen LogP contribution in [-0.4, -0.2) is 54.2 Å². The molecule has 7 heteroatoms. The Kier molecular flexibility index (Phi) is 15.5. The van der Waals surface area contributed by atoms with Gasteiger partial charge in [0.15, 0.2) is 0 Å². The van der Waals surface area contributed by atoms with Gasteiger partial charge in [-0.1, -0.05) is 84.0 Å². The van der Waals surface area contributed by atoms with Crippen LogP contribution >= 0.6 is 0 Å². The standard InChI is InChI=1S/C29H38N2O.C6H13NO.C3H7NO/c1-5-21(2)25-12-7-6-11-23(25)18-29(4)15-10-16-31(20-29)28(32)22(3)17-24-19-30-27-14-9-8-13-26(24)27;1-3-5(2)6(8)4-7;1-3(5)4-2/h6-9,11-14,19,21-22,30H,5,10,15-18,20H2,1-4H3;5H,3-4,7H2,1-2H3;1-2H3,(H,4,5)/t21?,22-,29?;;/m1../s1. The molecule has 4 rings (SSSR count). The van der Waals surface area contributed by atoms with Gasteiger partial charge >= 0.3 is 0 Å². The van der Waals surface area contributed by atoms with Gasteiger partial charge in [-0.15, -0.1) is 0 Å². The third-order valence-corrected chi connectivity index (χ3v) is 9.25. The van der Waals surface area contributed by atoms with E-state index in [1.165, 1.54) is 35.4 Å². The van der Waals surface area contributed by atoms with Gasteiger partial charge in [-0.2, -0.15) is 0 Å². The molecule has 0 bridgehead atoms. The average molecular weight is 619 g/mol. The third kappa shape index (κ3) is 11.4. The SMILES string of the molecule is CCC(C)C(=O)CN.CCC(C)c1ccccc1CC1(C)CCCN(C(=O)[C@H](C)Cc2c[nH]c3ccccc23)C1.CNC(C)=O. The summed E-state index contributed by atoms with van der Waals surface area (Å²) in [4.78, 5) is 39.3. The number of aromatic amines is 1. The Balaban J connectivity index is 0.000000457. The number of benzene rings is 2. The zero-order valence-electron chi connectivity index (χ0n) is 29.0. The highest BCUT2D eigenvalue weighted by Crippen LogP contribution is 2.36. The van der Waals surface area contributed by atoms with Crippen molar-refractivity contribution in [2.75, 3.05) is 26.7 Å². The van der Waals surface area contributed by atoms with Crippen molar-refractivity contribution in [3.05, 3.63) is 71.4 Å². The first-order valence-electron chi connectivity index (χ1n) is 16.7. The molecule has 3 unspecified atom stereocenters. The molecule has 0 saturated carbocycles. The Labute approximate surface area is 271 Å². The minimum Gasteiger partial charge on any atom is -0.361 e. The third-order valence-electron chi connectivity index (χ3n) is 9.25. The number of piperidine rings is 1. The number of carbonyl (C=O) groups is 3. The molecule has 4 atom stereocenters. The molecule has 0 radical (unpaired) electrons. The second-order valence-electron chi connectivity index (χ2n) is 13.1. The Morgan fingerprint density at radius 3 is 2.22 bits per heavy atom. The maximum Gasteiger partial charge on any atom is 0.225 e. The summed E-state index contributed by atoms with van der Waals surface area (Å²) in [6, 6.07) is 17.3. The van der Waals surface area contributed by atoms with E-state index in [4.69, 9.17) is 5.73 Å². The van der Waals surface area contributed by atoms with Gasteiger partial charge in [0.25, 0.3) is 0 Å². The number of rotatable bonds is 10. The molecule has 45 heavy (non-hydrogen) atoms. The number of fused-ring (bicyclic) bond motifs is 1. The van der Waals surface area contributed by atoms with Crippen LogP contribution in [0.4, 0.5) is 0 Å². The van der Waals surface area contributed by atoms with E-state index in [0.29, 0.717) is 11.8 Å². The quantitative estimate of drug-likeness (QED) is 0.226. The van der Waals surface area contributed by atoms with Crippen molar-refractivity contribution in [2.45, 2.75) is 92.9 Å². The number of ketones is 1. The van der Waals surface area contributed by atoms with Crippen molar-refractivity contribution >= 4 is 28.5 Å². The smallest absolute Gasteiger partial charge is 0.225 e. The highest BCUT2D eigenvalue weighted by molar-refractivity contribution is 5.85. The number of hydrogen-bond donors (Lipinski definition) is 3. The van der Waals surface area contributed by atoms with Gasteiger partial charge in [0.2, 0.25) is 11.8 Å². The monoisotopic (exact) mass is 618 g/mol. The van der Waals surface area contributed by atoms with E-state index < -0.39 is 0 Å². The summed E-state index contributed by atoms with van der Waals surface area (Å²) in [5.74, 6) is 1.19. The van der Waals surface area contributed by atoms with E-state index in [0.717, 1.165) is 50.7 Å². The highest BCUT2D eigenvalue weighted by Gasteiger charge is 2.35. The first-order valence-corrected chi connectivity index (χ1v) is 16.7. The van der Waals surface area contributed by atoms with Crippen molar-refractivity contribution in [2.24, 2.45) is 23.0 Å². The molecule has 1 saturated heterocycles. The molecule has 4 N–H and O–H groups in total. The number of aromatic nitrogens is 1. The van der Waals surface area contributed by atoms with E-state index in [-0.39, 0.29) is 35.5 Å². The molecule has 7 nitrogen and oxygen atoms in total. The number of likely N-dealkylation sites (tertiary alicyclic amines) is 1. The van der Waals surface area contributed by atoms with Gasteiger partial charge in [0.1, 0.15) is 5.78 Å². The minimum atomic E-state index is -0.0102. The van der Waals surface area contributed by atoms with E-state index in [9.17, 15) is 14.4 Å². The predicted octanol–water partition coefficient (Wildman–Crippen LogP) is 7.04. The molecular formula is C38H58N4O3. The molecule has 2 amide bonds. The number of nitrogens with zero attached hydrogens (tertiary/aromatic N) is 1. The second kappa shape index (κ2) is 18.5. The number of para-hydroxylation sites is 1. The number of nitrogens with two attached hydrogens (primary N) is 1. The largest absolute Gasteiger partial charge is 0.361 e. The molecule has 2 heterocycles. The van der Waals surface area contributed by atoms with E-state index in [2.05, 4.69) is 91.6 Å². The average Bonchev–Trinajstić information content (AvgIpc) is 3.46. The lowest BCUT2D eigenvalue weighted by atomic mass is 9.75. The minimum absolute atomic E-state index is 0.00463. The number of nitrogens with one attached hydrogen (secondary N) is 2. The van der Waals surface area contributed by atoms with Crippen LogP contribution in [0.5, 0.6) is 0 Å². The van der Waals surface area contributed by atoms with Gasteiger partial charge in [-0.3, -0.25) is 14.4 Å². The first kappa shape index (κ1) is 37.7. The lowest BCUT2D eigenvalue weighted by Gasteiger charge is -2.42. The lowest BCUT2D eigenvalue weighted by molar-refractivity contribution is -0.138. The fourth-order valence-corrected chi connectivity index (χ4v) is 5.96. The van der Waals surface area contributed by atoms with Gasteiger partial charge < -0.3 is 20.9 Å². The molecule has 1 aliphatic rings. The topological polar surface area (TPSA) is 108 Å². The Bertz CT molecular complexity index is 1370. The van der Waals surface area contributed by atoms with Crippen molar-refractivity contribution in [3.8, 4) is 0 Å². The van der Waals surface area contributed by atoms with Crippen molar-refractivity contribution in [1.82, 2.24) is 15.2 Å². The summed E-state index contributed by atoms with van der Waals surface area (Å²) in [7, 11) is 1.60. The summed E-state index contributed by atoms with van der Waals surface area (Å²) in [6.45, 7) is 16.4. The van der Waals surface area contributed by atoms with Crippen LogP contribution in [-0.2, 0) is 27.2 Å². The summed E-state index contributed by atoms with van der Waals surface area (Å²) in [5, 5.41) is 3.62. The molecule has 0 spiro atoms. The van der Waals surface area contributed by atoms with E-state index >= 15 is 0 Å². The van der Waals surface area contributed by atoms with Gasteiger partial charge in [0, 0.05) is 56.0 Å². The van der Waals surface area contributed by atoms with E-state index in [1.54, 1.807) is 7.05 Å². The van der Waals surface area contributed by atoms with Gasteiger partial charge in [-0.05, 0) is 72.6 Å². The number of amides is 2. The van der Waals surface area contributed by atoms with Crippen LogP contribution in [0.15, 0.2) is 54.7 Å². The zero-order valence-corrected chi connectivity index (χ0v) is 29.0. The maximum atomic E-state index is 13.4. The first-order chi connectivity index (χ1) is 21.4. The number of Topliss-reactive ketones (excluding diaryl/α,β-unsaturated/α-hetero) is 1. The van der Waals surface area contributed by atoms with Crippen LogP contribution in [0.3, 0.4) is 0 Å². The molecular weight excluding hydrogens is 560 g/mol. The molecule has 0 aliphatic carbocycles. The number of hydrogen-bond acceptors (Lipinski definition) is 4. The molecule has 2 aromatic carbocycles. The molecule has 1 aromatic heterocycles. The Morgan fingerprint density at radius 1 is 0.978 bits per heavy atom. The van der Waals surface area contributed by atoms with Crippen LogP contribution in [0, 0.1) is 17.3 Å². The molecule has 1 fully saturated rings. The van der Waals surface area contributed by atoms with Crippen LogP contribution in [0.2, 0.25) is 0 Å². The predicted molar refractivity (Wildman–Crippen MR) is 187 cm³/mol. The maximum absolute atomic E-state index is 13.4. The molecule has 1 aliphatic heterocycles. The highest BCUT2D eigenvalue weighted by atomic mass is 16.2. The second-order valence-corrected chi connectivity index (χ2v) is 13.1. The number of carbonyl (C=O) groups excluding carboxylic acids is 3. The van der Waals surface area contributed by atoms with Crippen molar-refractivity contribution in [3.63, 3.8) is 0 Å². The summed E-state index contributed by atoms with van der Waals surface area (Å²) < 4.78 is 0. The van der Waals surface area contributed by atoms with Gasteiger partial charge in [0.05, 0.1) is 6.54 Å². The molecule has 3 aromatic rings. The van der Waals surface area contributed by atoms with Crippen LogP contribution in [0.1, 0.15) is 96.8 Å². The number of H-pyrrole nitrogens is 1. The summed E-state index contributed by atoms with van der Waals surface area (Å²) in [5.41, 5.74) is 10.6. The van der Waals surface area contributed by atoms with E-state index in [1.807, 2.05) is 19.9 Å². The molecule has 248 valence electrons. The van der Waals surface area contributed by atoms with Gasteiger partial charge in [-0.25, -0.2) is 0 Å². The lowest BCUT2D eigenvalue weighted by Crippen LogP contribution is -2.47. The van der Waals surface area contributed by atoms with Crippen LogP contribution < -0.4 is 11.1 Å². The Hall–Kier alpha value is -3.45.